The van der Waals surface area contributed by atoms with Crippen LogP contribution in [0.5, 0.6) is 0 Å². The Kier molecular flexibility index (Phi) is 7.52. The van der Waals surface area contributed by atoms with E-state index in [0.717, 1.165) is 12.8 Å². The molecule has 0 saturated carbocycles. The Morgan fingerprint density at radius 3 is 1.97 bits per heavy atom. The minimum absolute atomic E-state index is 0.111. The number of allylic oxidation sites excluding steroid dienone is 1. The van der Waals surface area contributed by atoms with Crippen LogP contribution in [0.3, 0.4) is 0 Å². The Labute approximate surface area is 198 Å². The van der Waals surface area contributed by atoms with Gasteiger partial charge in [-0.1, -0.05) is 74.0 Å². The van der Waals surface area contributed by atoms with E-state index in [9.17, 15) is 13.2 Å². The number of aryl methyl sites for hydroxylation is 1. The molecule has 0 bridgehead atoms. The van der Waals surface area contributed by atoms with Gasteiger partial charge in [-0.3, -0.25) is 0 Å². The van der Waals surface area contributed by atoms with Gasteiger partial charge in [0, 0.05) is 22.6 Å². The highest BCUT2D eigenvalue weighted by Crippen LogP contribution is 2.36. The van der Waals surface area contributed by atoms with Crippen LogP contribution in [-0.4, -0.2) is 6.61 Å². The first-order chi connectivity index (χ1) is 16.4. The molecule has 2 unspecified atom stereocenters. The molecule has 4 rings (SSSR count). The van der Waals surface area contributed by atoms with E-state index >= 15 is 4.39 Å². The molecule has 1 aliphatic heterocycles. The van der Waals surface area contributed by atoms with E-state index in [1.54, 1.807) is 48.5 Å². The second-order valence-electron chi connectivity index (χ2n) is 8.74. The van der Waals surface area contributed by atoms with E-state index in [-0.39, 0.29) is 16.7 Å². The standard InChI is InChI=1S/C29H28F4O/c1-3-5-18-7-16-25(34-17-18)24-15-14-23(28(32)29(24)33)20-10-8-19(9-11-20)22-13-12-21(6-4-2)26(30)27(22)31/h3,5,8-15,18,25H,4,6-7,16-17H2,1-2H3. The maximum Gasteiger partial charge on any atom is 0.167 e. The smallest absolute Gasteiger partial charge is 0.167 e. The fraction of sp³-hybridized carbons (Fsp3) is 0.310. The van der Waals surface area contributed by atoms with Crippen LogP contribution in [0.2, 0.25) is 0 Å². The van der Waals surface area contributed by atoms with Crippen LogP contribution in [-0.2, 0) is 11.2 Å². The van der Waals surface area contributed by atoms with Gasteiger partial charge >= 0.3 is 0 Å². The average molecular weight is 469 g/mol. The fourth-order valence-electron chi connectivity index (χ4n) is 4.58. The quantitative estimate of drug-likeness (QED) is 0.260. The Morgan fingerprint density at radius 1 is 0.794 bits per heavy atom. The summed E-state index contributed by atoms with van der Waals surface area (Å²) in [5.74, 6) is -3.28. The monoisotopic (exact) mass is 468 g/mol. The van der Waals surface area contributed by atoms with Gasteiger partial charge in [0.15, 0.2) is 23.3 Å². The van der Waals surface area contributed by atoms with Crippen molar-refractivity contribution in [3.8, 4) is 22.3 Å². The molecule has 1 heterocycles. The molecule has 3 aromatic rings. The van der Waals surface area contributed by atoms with Crippen LogP contribution >= 0.6 is 0 Å². The molecule has 5 heteroatoms. The van der Waals surface area contributed by atoms with Gasteiger partial charge in [-0.05, 0) is 42.9 Å². The molecule has 2 atom stereocenters. The molecule has 0 N–H and O–H groups in total. The van der Waals surface area contributed by atoms with Crippen molar-refractivity contribution >= 4 is 0 Å². The second-order valence-corrected chi connectivity index (χ2v) is 8.74. The van der Waals surface area contributed by atoms with Crippen LogP contribution < -0.4 is 0 Å². The second kappa shape index (κ2) is 10.6. The molecule has 178 valence electrons. The average Bonchev–Trinajstić information content (AvgIpc) is 2.85. The summed E-state index contributed by atoms with van der Waals surface area (Å²) in [6.45, 7) is 4.33. The summed E-state index contributed by atoms with van der Waals surface area (Å²) in [5, 5.41) is 0. The lowest BCUT2D eigenvalue weighted by Crippen LogP contribution is -2.20. The van der Waals surface area contributed by atoms with Gasteiger partial charge in [-0.2, -0.15) is 0 Å². The molecular formula is C29H28F4O. The van der Waals surface area contributed by atoms with Gasteiger partial charge in [-0.25, -0.2) is 17.6 Å². The first-order valence-corrected chi connectivity index (χ1v) is 11.7. The maximum atomic E-state index is 15.0. The first-order valence-electron chi connectivity index (χ1n) is 11.7. The highest BCUT2D eigenvalue weighted by molar-refractivity contribution is 5.71. The molecule has 0 radical (unpaired) electrons. The van der Waals surface area contributed by atoms with Crippen LogP contribution in [0.1, 0.15) is 50.3 Å². The van der Waals surface area contributed by atoms with Gasteiger partial charge in [-0.15, -0.1) is 0 Å². The highest BCUT2D eigenvalue weighted by Gasteiger charge is 2.26. The predicted molar refractivity (Wildman–Crippen MR) is 127 cm³/mol. The molecule has 0 spiro atoms. The summed E-state index contributed by atoms with van der Waals surface area (Å²) >= 11 is 0. The predicted octanol–water partition coefficient (Wildman–Crippen LogP) is 8.57. The third kappa shape index (κ3) is 4.80. The molecular weight excluding hydrogens is 440 g/mol. The van der Waals surface area contributed by atoms with Crippen molar-refractivity contribution in [3.05, 3.63) is 95.1 Å². The molecule has 0 aliphatic carbocycles. The first kappa shape index (κ1) is 24.2. The largest absolute Gasteiger partial charge is 0.373 e. The third-order valence-corrected chi connectivity index (χ3v) is 6.42. The zero-order valence-corrected chi connectivity index (χ0v) is 19.4. The molecule has 1 fully saturated rings. The number of hydrogen-bond donors (Lipinski definition) is 0. The zero-order chi connectivity index (χ0) is 24.2. The van der Waals surface area contributed by atoms with Gasteiger partial charge in [0.05, 0.1) is 12.7 Å². The number of benzene rings is 3. The van der Waals surface area contributed by atoms with Crippen LogP contribution in [0.15, 0.2) is 60.7 Å². The fourth-order valence-corrected chi connectivity index (χ4v) is 4.58. The number of halogens is 4. The van der Waals surface area contributed by atoms with Gasteiger partial charge in [0.25, 0.3) is 0 Å². The minimum Gasteiger partial charge on any atom is -0.373 e. The molecule has 0 aromatic heterocycles. The Morgan fingerprint density at radius 2 is 1.41 bits per heavy atom. The van der Waals surface area contributed by atoms with Crippen molar-refractivity contribution in [2.75, 3.05) is 6.61 Å². The van der Waals surface area contributed by atoms with Crippen molar-refractivity contribution in [1.82, 2.24) is 0 Å². The van der Waals surface area contributed by atoms with Crippen molar-refractivity contribution in [3.63, 3.8) is 0 Å². The van der Waals surface area contributed by atoms with E-state index < -0.39 is 29.4 Å². The van der Waals surface area contributed by atoms with Crippen LogP contribution in [0.25, 0.3) is 22.3 Å². The van der Waals surface area contributed by atoms with Crippen molar-refractivity contribution in [2.24, 2.45) is 5.92 Å². The SMILES string of the molecule is CC=CC1CCC(c2ccc(-c3ccc(-c4ccc(CCC)c(F)c4F)cc3)c(F)c2F)OC1. The Bertz CT molecular complexity index is 1180. The molecule has 1 aliphatic rings. The molecule has 1 saturated heterocycles. The third-order valence-electron chi connectivity index (χ3n) is 6.42. The van der Waals surface area contributed by atoms with Gasteiger partial charge < -0.3 is 4.74 Å². The number of ether oxygens (including phenoxy) is 1. The molecule has 0 amide bonds. The van der Waals surface area contributed by atoms with Gasteiger partial charge in [0.1, 0.15) is 0 Å². The Balaban J connectivity index is 1.57. The zero-order valence-electron chi connectivity index (χ0n) is 19.4. The summed E-state index contributed by atoms with van der Waals surface area (Å²) in [4.78, 5) is 0. The summed E-state index contributed by atoms with van der Waals surface area (Å²) < 4.78 is 64.7. The number of hydrogen-bond acceptors (Lipinski definition) is 1. The van der Waals surface area contributed by atoms with Gasteiger partial charge in [0.2, 0.25) is 0 Å². The van der Waals surface area contributed by atoms with E-state index in [0.29, 0.717) is 42.1 Å². The normalized spacial score (nSPS) is 18.5. The summed E-state index contributed by atoms with van der Waals surface area (Å²) in [6, 6.07) is 12.6. The van der Waals surface area contributed by atoms with Crippen LogP contribution in [0.4, 0.5) is 17.6 Å². The van der Waals surface area contributed by atoms with Crippen molar-refractivity contribution in [2.45, 2.75) is 45.6 Å². The maximum absolute atomic E-state index is 15.0. The minimum atomic E-state index is -0.939. The molecule has 34 heavy (non-hydrogen) atoms. The topological polar surface area (TPSA) is 9.23 Å². The Hall–Kier alpha value is -2.92. The number of rotatable bonds is 6. The summed E-state index contributed by atoms with van der Waals surface area (Å²) in [5.41, 5.74) is 1.73. The lowest BCUT2D eigenvalue weighted by Gasteiger charge is -2.28. The lowest BCUT2D eigenvalue weighted by atomic mass is 9.92. The van der Waals surface area contributed by atoms with Crippen molar-refractivity contribution in [1.29, 1.82) is 0 Å². The summed E-state index contributed by atoms with van der Waals surface area (Å²) in [6.07, 6.45) is 6.23. The van der Waals surface area contributed by atoms with E-state index in [1.807, 2.05) is 19.9 Å². The van der Waals surface area contributed by atoms with E-state index in [4.69, 9.17) is 4.74 Å². The van der Waals surface area contributed by atoms with E-state index in [2.05, 4.69) is 6.08 Å². The van der Waals surface area contributed by atoms with Crippen molar-refractivity contribution < 1.29 is 22.3 Å². The van der Waals surface area contributed by atoms with Crippen LogP contribution in [0, 0.1) is 29.2 Å². The lowest BCUT2D eigenvalue weighted by molar-refractivity contribution is -0.00743. The molecule has 3 aromatic carbocycles. The highest BCUT2D eigenvalue weighted by atomic mass is 19.2. The summed E-state index contributed by atoms with van der Waals surface area (Å²) in [7, 11) is 0. The molecule has 1 nitrogen and oxygen atoms in total. The van der Waals surface area contributed by atoms with E-state index in [1.165, 1.54) is 0 Å².